The maximum atomic E-state index is 5.43. The quantitative estimate of drug-likeness (QED) is 0.577. The van der Waals surface area contributed by atoms with Gasteiger partial charge in [-0.2, -0.15) is 0 Å². The zero-order valence-electron chi connectivity index (χ0n) is 13.4. The number of aromatic nitrogens is 2. The van der Waals surface area contributed by atoms with E-state index in [9.17, 15) is 0 Å². The molecule has 21 heavy (non-hydrogen) atoms. The minimum Gasteiger partial charge on any atom is -0.382 e. The van der Waals surface area contributed by atoms with E-state index >= 15 is 0 Å². The van der Waals surface area contributed by atoms with E-state index in [1.54, 1.807) is 7.11 Å². The number of rotatable bonds is 12. The van der Waals surface area contributed by atoms with Gasteiger partial charge in [0.15, 0.2) is 0 Å². The second kappa shape index (κ2) is 11.3. The predicted molar refractivity (Wildman–Crippen MR) is 86.0 cm³/mol. The number of ether oxygens (including phenoxy) is 2. The molecule has 0 unspecified atom stereocenters. The Hall–Kier alpha value is -1.40. The van der Waals surface area contributed by atoms with Crippen LogP contribution in [-0.2, 0) is 15.9 Å². The largest absolute Gasteiger partial charge is 0.382 e. The molecule has 0 aliphatic heterocycles. The molecule has 1 aromatic rings. The molecule has 0 amide bonds. The molecule has 1 heterocycles. The first-order valence-electron chi connectivity index (χ1n) is 7.66. The van der Waals surface area contributed by atoms with Crippen LogP contribution in [0.25, 0.3) is 0 Å². The van der Waals surface area contributed by atoms with Gasteiger partial charge in [0.25, 0.3) is 0 Å². The van der Waals surface area contributed by atoms with Crippen LogP contribution in [0.2, 0.25) is 0 Å². The molecule has 0 saturated heterocycles. The number of methoxy groups -OCH3 is 1. The van der Waals surface area contributed by atoms with E-state index < -0.39 is 0 Å². The van der Waals surface area contributed by atoms with Gasteiger partial charge in [0, 0.05) is 39.8 Å². The van der Waals surface area contributed by atoms with Crippen molar-refractivity contribution in [1.29, 1.82) is 0 Å². The molecule has 0 aliphatic rings. The molecule has 2 N–H and O–H groups in total. The summed E-state index contributed by atoms with van der Waals surface area (Å²) in [6, 6.07) is 1.94. The lowest BCUT2D eigenvalue weighted by Crippen LogP contribution is -2.09. The van der Waals surface area contributed by atoms with Crippen LogP contribution in [0.5, 0.6) is 0 Å². The molecule has 6 nitrogen and oxygen atoms in total. The van der Waals surface area contributed by atoms with E-state index in [1.807, 2.05) is 13.1 Å². The second-order valence-electron chi connectivity index (χ2n) is 4.79. The number of nitrogens with zero attached hydrogens (tertiary/aromatic N) is 2. The Balaban J connectivity index is 2.26. The topological polar surface area (TPSA) is 68.3 Å². The molecular formula is C15H28N4O2. The highest BCUT2D eigenvalue weighted by Crippen LogP contribution is 2.12. The van der Waals surface area contributed by atoms with Crippen molar-refractivity contribution in [3.8, 4) is 0 Å². The van der Waals surface area contributed by atoms with Crippen LogP contribution in [0.4, 0.5) is 11.6 Å². The lowest BCUT2D eigenvalue weighted by atomic mass is 10.3. The Labute approximate surface area is 127 Å². The van der Waals surface area contributed by atoms with Crippen LogP contribution in [0.3, 0.4) is 0 Å². The molecule has 1 rings (SSSR count). The molecule has 0 aliphatic carbocycles. The molecule has 0 bridgehead atoms. The van der Waals surface area contributed by atoms with E-state index in [4.69, 9.17) is 9.47 Å². The van der Waals surface area contributed by atoms with Gasteiger partial charge in [-0.25, -0.2) is 9.97 Å². The van der Waals surface area contributed by atoms with Crippen LogP contribution in [0, 0.1) is 0 Å². The van der Waals surface area contributed by atoms with Crippen molar-refractivity contribution >= 4 is 11.6 Å². The summed E-state index contributed by atoms with van der Waals surface area (Å²) in [6.07, 6.45) is 4.03. The van der Waals surface area contributed by atoms with E-state index in [0.29, 0.717) is 13.2 Å². The lowest BCUT2D eigenvalue weighted by Gasteiger charge is -2.09. The van der Waals surface area contributed by atoms with Gasteiger partial charge >= 0.3 is 0 Å². The standard InChI is InChI=1S/C15H28N4O2/c1-4-7-13-18-14(16-2)12-15(19-13)17-8-5-6-9-21-11-10-20-3/h12H,4-11H2,1-3H3,(H2,16,17,18,19). The summed E-state index contributed by atoms with van der Waals surface area (Å²) in [5, 5.41) is 6.42. The molecule has 0 radical (unpaired) electrons. The maximum absolute atomic E-state index is 5.43. The van der Waals surface area contributed by atoms with Crippen molar-refractivity contribution < 1.29 is 9.47 Å². The number of hydrogen-bond donors (Lipinski definition) is 2. The van der Waals surface area contributed by atoms with Crippen molar-refractivity contribution in [3.63, 3.8) is 0 Å². The van der Waals surface area contributed by atoms with Crippen LogP contribution >= 0.6 is 0 Å². The average Bonchev–Trinajstić information content (AvgIpc) is 2.50. The molecule has 6 heteroatoms. The lowest BCUT2D eigenvalue weighted by molar-refractivity contribution is 0.0691. The minimum atomic E-state index is 0.659. The maximum Gasteiger partial charge on any atom is 0.133 e. The van der Waals surface area contributed by atoms with Crippen LogP contribution in [0.15, 0.2) is 6.07 Å². The van der Waals surface area contributed by atoms with Crippen molar-refractivity contribution in [1.82, 2.24) is 9.97 Å². The molecule has 0 aromatic carbocycles. The Kier molecular flexibility index (Phi) is 9.48. The summed E-state index contributed by atoms with van der Waals surface area (Å²) in [6.45, 7) is 5.12. The summed E-state index contributed by atoms with van der Waals surface area (Å²) in [7, 11) is 3.56. The number of unbranched alkanes of at least 4 members (excludes halogenated alkanes) is 1. The van der Waals surface area contributed by atoms with Crippen molar-refractivity contribution in [2.45, 2.75) is 32.6 Å². The van der Waals surface area contributed by atoms with Crippen molar-refractivity contribution in [3.05, 3.63) is 11.9 Å². The first-order valence-corrected chi connectivity index (χ1v) is 7.66. The molecule has 0 fully saturated rings. The molecule has 0 spiro atoms. The van der Waals surface area contributed by atoms with E-state index in [2.05, 4.69) is 27.5 Å². The molecule has 0 atom stereocenters. The third-order valence-corrected chi connectivity index (χ3v) is 2.96. The molecule has 0 saturated carbocycles. The number of hydrogen-bond acceptors (Lipinski definition) is 6. The highest BCUT2D eigenvalue weighted by Gasteiger charge is 2.02. The van der Waals surface area contributed by atoms with Gasteiger partial charge < -0.3 is 20.1 Å². The highest BCUT2D eigenvalue weighted by molar-refractivity contribution is 5.47. The number of anilines is 2. The number of nitrogens with one attached hydrogen (secondary N) is 2. The highest BCUT2D eigenvalue weighted by atomic mass is 16.5. The number of aryl methyl sites for hydroxylation is 1. The molecular weight excluding hydrogens is 268 g/mol. The van der Waals surface area contributed by atoms with E-state index in [0.717, 1.165) is 56.3 Å². The first-order chi connectivity index (χ1) is 10.3. The van der Waals surface area contributed by atoms with Crippen LogP contribution in [0.1, 0.15) is 32.0 Å². The zero-order valence-corrected chi connectivity index (χ0v) is 13.4. The SMILES string of the molecule is CCCc1nc(NC)cc(NCCCCOCCOC)n1. The fourth-order valence-electron chi connectivity index (χ4n) is 1.84. The summed E-state index contributed by atoms with van der Waals surface area (Å²) in [5.74, 6) is 2.63. The van der Waals surface area contributed by atoms with Crippen LogP contribution < -0.4 is 10.6 Å². The average molecular weight is 296 g/mol. The molecule has 1 aromatic heterocycles. The first kappa shape index (κ1) is 17.7. The summed E-state index contributed by atoms with van der Waals surface area (Å²) >= 11 is 0. The van der Waals surface area contributed by atoms with Crippen LogP contribution in [-0.4, -0.2) is 50.5 Å². The van der Waals surface area contributed by atoms with Crippen molar-refractivity contribution in [2.24, 2.45) is 0 Å². The monoisotopic (exact) mass is 296 g/mol. The Bertz CT molecular complexity index is 388. The van der Waals surface area contributed by atoms with E-state index in [-0.39, 0.29) is 0 Å². The van der Waals surface area contributed by atoms with Gasteiger partial charge in [0.1, 0.15) is 17.5 Å². The fourth-order valence-corrected chi connectivity index (χ4v) is 1.84. The Morgan fingerprint density at radius 3 is 2.62 bits per heavy atom. The predicted octanol–water partition coefficient (Wildman–Crippen LogP) is 2.33. The fraction of sp³-hybridized carbons (Fsp3) is 0.733. The van der Waals surface area contributed by atoms with Gasteiger partial charge in [0.2, 0.25) is 0 Å². The zero-order chi connectivity index (χ0) is 15.3. The minimum absolute atomic E-state index is 0.659. The normalized spacial score (nSPS) is 10.6. The van der Waals surface area contributed by atoms with E-state index in [1.165, 1.54) is 0 Å². The smallest absolute Gasteiger partial charge is 0.133 e. The summed E-state index contributed by atoms with van der Waals surface area (Å²) in [4.78, 5) is 8.95. The van der Waals surface area contributed by atoms with Crippen molar-refractivity contribution in [2.75, 3.05) is 51.2 Å². The van der Waals surface area contributed by atoms with Gasteiger partial charge in [0.05, 0.1) is 13.2 Å². The Morgan fingerprint density at radius 1 is 1.10 bits per heavy atom. The second-order valence-corrected chi connectivity index (χ2v) is 4.79. The third-order valence-electron chi connectivity index (χ3n) is 2.96. The summed E-state index contributed by atoms with van der Waals surface area (Å²) < 4.78 is 10.3. The van der Waals surface area contributed by atoms with Gasteiger partial charge in [-0.15, -0.1) is 0 Å². The Morgan fingerprint density at radius 2 is 1.90 bits per heavy atom. The van der Waals surface area contributed by atoms with Gasteiger partial charge in [-0.1, -0.05) is 6.92 Å². The van der Waals surface area contributed by atoms with Gasteiger partial charge in [-0.05, 0) is 19.3 Å². The van der Waals surface area contributed by atoms with Gasteiger partial charge in [-0.3, -0.25) is 0 Å². The third kappa shape index (κ3) is 7.82. The molecule has 120 valence electrons. The summed E-state index contributed by atoms with van der Waals surface area (Å²) in [5.41, 5.74) is 0.